The minimum atomic E-state index is 0.377. The summed E-state index contributed by atoms with van der Waals surface area (Å²) in [6, 6.07) is 8.89. The average Bonchev–Trinajstić information content (AvgIpc) is 2.69. The van der Waals surface area contributed by atoms with E-state index in [1.165, 1.54) is 31.4 Å². The van der Waals surface area contributed by atoms with Crippen LogP contribution in [0.2, 0.25) is 0 Å². The van der Waals surface area contributed by atoms with Crippen LogP contribution in [0.1, 0.15) is 30.9 Å². The van der Waals surface area contributed by atoms with Crippen molar-refractivity contribution >= 4 is 0 Å². The van der Waals surface area contributed by atoms with Crippen molar-refractivity contribution in [1.29, 1.82) is 0 Å². The van der Waals surface area contributed by atoms with Crippen molar-refractivity contribution in [3.8, 4) is 5.75 Å². The summed E-state index contributed by atoms with van der Waals surface area (Å²) in [4.78, 5) is 2.62. The van der Waals surface area contributed by atoms with Crippen LogP contribution in [0.4, 0.5) is 0 Å². The second-order valence-corrected chi connectivity index (χ2v) is 5.14. The summed E-state index contributed by atoms with van der Waals surface area (Å²) in [6.07, 6.45) is 3.91. The topological polar surface area (TPSA) is 35.5 Å². The Kier molecular flexibility index (Phi) is 3.04. The molecule has 2 aliphatic heterocycles. The van der Waals surface area contributed by atoms with Gasteiger partial charge in [0.25, 0.3) is 0 Å². The van der Waals surface area contributed by atoms with E-state index in [0.717, 1.165) is 19.1 Å². The van der Waals surface area contributed by atoms with E-state index in [2.05, 4.69) is 16.3 Å². The fourth-order valence-electron chi connectivity index (χ4n) is 3.24. The van der Waals surface area contributed by atoms with E-state index in [1.807, 2.05) is 12.1 Å². The Morgan fingerprint density at radius 3 is 3.12 bits per heavy atom. The quantitative estimate of drug-likeness (QED) is 0.776. The third kappa shape index (κ3) is 2.17. The summed E-state index contributed by atoms with van der Waals surface area (Å²) in [5.41, 5.74) is 1.24. The molecule has 2 fully saturated rings. The predicted octanol–water partition coefficient (Wildman–Crippen LogP) is 1.89. The molecule has 1 aromatic carbocycles. The molecule has 0 amide bonds. The van der Waals surface area contributed by atoms with Gasteiger partial charge in [0.1, 0.15) is 5.75 Å². The molecule has 2 aliphatic rings. The molecule has 17 heavy (non-hydrogen) atoms. The van der Waals surface area contributed by atoms with Crippen molar-refractivity contribution in [2.75, 3.05) is 19.6 Å². The molecule has 3 heteroatoms. The summed E-state index contributed by atoms with van der Waals surface area (Å²) in [5, 5.41) is 13.1. The third-order valence-electron chi connectivity index (χ3n) is 4.07. The summed E-state index contributed by atoms with van der Waals surface area (Å²) in [6.45, 7) is 3.32. The average molecular weight is 232 g/mol. The van der Waals surface area contributed by atoms with Gasteiger partial charge < -0.3 is 10.4 Å². The highest BCUT2D eigenvalue weighted by Gasteiger charge is 2.32. The van der Waals surface area contributed by atoms with Gasteiger partial charge >= 0.3 is 0 Å². The number of nitrogens with one attached hydrogen (secondary N) is 1. The zero-order valence-electron chi connectivity index (χ0n) is 10.1. The van der Waals surface area contributed by atoms with Gasteiger partial charge in [0.2, 0.25) is 0 Å². The Labute approximate surface area is 102 Å². The van der Waals surface area contributed by atoms with Gasteiger partial charge in [0.15, 0.2) is 0 Å². The fraction of sp³-hybridized carbons (Fsp3) is 0.571. The highest BCUT2D eigenvalue weighted by molar-refractivity contribution is 5.30. The zero-order valence-corrected chi connectivity index (χ0v) is 10.1. The molecule has 0 bridgehead atoms. The van der Waals surface area contributed by atoms with Gasteiger partial charge in [-0.2, -0.15) is 0 Å². The van der Waals surface area contributed by atoms with Crippen LogP contribution in [0.25, 0.3) is 0 Å². The standard InChI is InChI=1S/C14H20N2O/c17-13-5-1-3-11(9-13)14-10-15-7-6-12-4-2-8-16(12)14/h1,3,5,9,12,14-15,17H,2,4,6-8,10H2. The smallest absolute Gasteiger partial charge is 0.115 e. The summed E-state index contributed by atoms with van der Waals surface area (Å²) < 4.78 is 0. The van der Waals surface area contributed by atoms with Crippen LogP contribution in [0.15, 0.2) is 24.3 Å². The molecule has 0 radical (unpaired) electrons. The van der Waals surface area contributed by atoms with Crippen molar-refractivity contribution in [2.24, 2.45) is 0 Å². The summed E-state index contributed by atoms with van der Waals surface area (Å²) >= 11 is 0. The number of phenolic OH excluding ortho intramolecular Hbond substituents is 1. The van der Waals surface area contributed by atoms with Crippen LogP contribution < -0.4 is 5.32 Å². The number of hydrogen-bond acceptors (Lipinski definition) is 3. The molecule has 3 rings (SSSR count). The van der Waals surface area contributed by atoms with Crippen LogP contribution in [0.5, 0.6) is 5.75 Å². The number of nitrogens with zero attached hydrogens (tertiary/aromatic N) is 1. The highest BCUT2D eigenvalue weighted by atomic mass is 16.3. The molecule has 0 aliphatic carbocycles. The first-order chi connectivity index (χ1) is 8.34. The van der Waals surface area contributed by atoms with Crippen LogP contribution in [0, 0.1) is 0 Å². The molecule has 2 heterocycles. The number of fused-ring (bicyclic) bond motifs is 1. The van der Waals surface area contributed by atoms with Gasteiger partial charge in [-0.25, -0.2) is 0 Å². The van der Waals surface area contributed by atoms with Crippen LogP contribution in [0.3, 0.4) is 0 Å². The largest absolute Gasteiger partial charge is 0.508 e. The first-order valence-electron chi connectivity index (χ1n) is 6.60. The Hall–Kier alpha value is -1.06. The van der Waals surface area contributed by atoms with E-state index in [0.29, 0.717) is 11.8 Å². The van der Waals surface area contributed by atoms with Crippen molar-refractivity contribution < 1.29 is 5.11 Å². The van der Waals surface area contributed by atoms with Crippen molar-refractivity contribution in [1.82, 2.24) is 10.2 Å². The maximum atomic E-state index is 9.62. The molecule has 0 saturated carbocycles. The van der Waals surface area contributed by atoms with Crippen LogP contribution >= 0.6 is 0 Å². The fourth-order valence-corrected chi connectivity index (χ4v) is 3.24. The van der Waals surface area contributed by atoms with Gasteiger partial charge in [0, 0.05) is 18.6 Å². The van der Waals surface area contributed by atoms with E-state index in [9.17, 15) is 5.11 Å². The number of aromatic hydroxyl groups is 1. The predicted molar refractivity (Wildman–Crippen MR) is 68.1 cm³/mol. The normalized spacial score (nSPS) is 29.9. The molecule has 2 atom stereocenters. The van der Waals surface area contributed by atoms with Gasteiger partial charge in [-0.15, -0.1) is 0 Å². The highest BCUT2D eigenvalue weighted by Crippen LogP contribution is 2.32. The maximum Gasteiger partial charge on any atom is 0.115 e. The number of benzene rings is 1. The van der Waals surface area contributed by atoms with Crippen LogP contribution in [-0.4, -0.2) is 35.7 Å². The molecular formula is C14H20N2O. The molecule has 2 unspecified atom stereocenters. The molecule has 3 nitrogen and oxygen atoms in total. The van der Waals surface area contributed by atoms with Crippen molar-refractivity contribution in [3.05, 3.63) is 29.8 Å². The number of hydrogen-bond donors (Lipinski definition) is 2. The third-order valence-corrected chi connectivity index (χ3v) is 4.07. The SMILES string of the molecule is Oc1cccc(C2CNCCC3CCCN32)c1. The molecule has 0 spiro atoms. The van der Waals surface area contributed by atoms with E-state index in [-0.39, 0.29) is 0 Å². The van der Waals surface area contributed by atoms with Gasteiger partial charge in [-0.05, 0) is 50.0 Å². The molecule has 92 valence electrons. The van der Waals surface area contributed by atoms with E-state index in [4.69, 9.17) is 0 Å². The van der Waals surface area contributed by atoms with Gasteiger partial charge in [-0.1, -0.05) is 12.1 Å². The lowest BCUT2D eigenvalue weighted by molar-refractivity contribution is 0.191. The minimum Gasteiger partial charge on any atom is -0.508 e. The Morgan fingerprint density at radius 2 is 2.24 bits per heavy atom. The van der Waals surface area contributed by atoms with Crippen molar-refractivity contribution in [3.63, 3.8) is 0 Å². The van der Waals surface area contributed by atoms with E-state index >= 15 is 0 Å². The number of rotatable bonds is 1. The monoisotopic (exact) mass is 232 g/mol. The first kappa shape index (κ1) is 11.1. The molecule has 2 saturated heterocycles. The van der Waals surface area contributed by atoms with Crippen LogP contribution in [-0.2, 0) is 0 Å². The Morgan fingerprint density at radius 1 is 1.29 bits per heavy atom. The molecule has 2 N–H and O–H groups in total. The van der Waals surface area contributed by atoms with Crippen molar-refractivity contribution in [2.45, 2.75) is 31.3 Å². The first-order valence-corrected chi connectivity index (χ1v) is 6.60. The minimum absolute atomic E-state index is 0.377. The maximum absolute atomic E-state index is 9.62. The zero-order chi connectivity index (χ0) is 11.7. The van der Waals surface area contributed by atoms with Gasteiger partial charge in [0.05, 0.1) is 0 Å². The lowest BCUT2D eigenvalue weighted by Crippen LogP contribution is -2.34. The lowest BCUT2D eigenvalue weighted by atomic mass is 10.0. The second-order valence-electron chi connectivity index (χ2n) is 5.14. The molecule has 0 aromatic heterocycles. The second kappa shape index (κ2) is 4.67. The van der Waals surface area contributed by atoms with Gasteiger partial charge in [-0.3, -0.25) is 4.90 Å². The lowest BCUT2D eigenvalue weighted by Gasteiger charge is -2.30. The summed E-state index contributed by atoms with van der Waals surface area (Å²) in [5.74, 6) is 0.377. The molecule has 1 aromatic rings. The van der Waals surface area contributed by atoms with E-state index < -0.39 is 0 Å². The Balaban J connectivity index is 1.89. The van der Waals surface area contributed by atoms with E-state index in [1.54, 1.807) is 6.07 Å². The Bertz CT molecular complexity index is 394. The summed E-state index contributed by atoms with van der Waals surface area (Å²) in [7, 11) is 0. The number of phenols is 1. The molecular weight excluding hydrogens is 212 g/mol.